The van der Waals surface area contributed by atoms with Crippen LogP contribution in [0.1, 0.15) is 32.3 Å². The Morgan fingerprint density at radius 3 is 2.65 bits per heavy atom. The quantitative estimate of drug-likeness (QED) is 0.176. The molecular formula is C28H33BrCl2FN5O2S. The van der Waals surface area contributed by atoms with Crippen molar-refractivity contribution >= 4 is 55.0 Å². The SMILES string of the molecule is C#CNc1[nH]ncc1Br.CC.O=S(=O)(c1ccc(F)c(Cl)c1)N1CCCC(CN/C=C/Cc2ccccc2Cl)C1. The molecule has 1 aliphatic heterocycles. The second-order valence-corrected chi connectivity index (χ2v) is 12.0. The number of halogens is 4. The molecule has 0 radical (unpaired) electrons. The van der Waals surface area contributed by atoms with Gasteiger partial charge in [0.25, 0.3) is 0 Å². The van der Waals surface area contributed by atoms with E-state index < -0.39 is 15.8 Å². The molecule has 12 heteroatoms. The van der Waals surface area contributed by atoms with Crippen LogP contribution in [0.4, 0.5) is 10.2 Å². The molecule has 3 N–H and O–H groups in total. The Kier molecular flexibility index (Phi) is 14.6. The molecule has 0 spiro atoms. The number of hydrogen-bond acceptors (Lipinski definition) is 5. The maximum absolute atomic E-state index is 13.4. The van der Waals surface area contributed by atoms with Gasteiger partial charge in [-0.15, -0.1) is 0 Å². The van der Waals surface area contributed by atoms with Crippen molar-refractivity contribution in [2.75, 3.05) is 25.0 Å². The highest BCUT2D eigenvalue weighted by molar-refractivity contribution is 9.10. The molecule has 1 unspecified atom stereocenters. The van der Waals surface area contributed by atoms with E-state index in [1.807, 2.05) is 50.4 Å². The van der Waals surface area contributed by atoms with E-state index in [1.165, 1.54) is 16.4 Å². The van der Waals surface area contributed by atoms with Crippen molar-refractivity contribution in [2.24, 2.45) is 5.92 Å². The van der Waals surface area contributed by atoms with Crippen molar-refractivity contribution in [2.45, 2.75) is 38.0 Å². The molecule has 40 heavy (non-hydrogen) atoms. The first kappa shape index (κ1) is 33.7. The third-order valence-corrected chi connectivity index (χ3v) is 8.86. The fraction of sp³-hybridized carbons (Fsp3) is 0.321. The molecule has 2 aromatic carbocycles. The number of piperidine rings is 1. The zero-order chi connectivity index (χ0) is 29.5. The highest BCUT2D eigenvalue weighted by Gasteiger charge is 2.30. The summed E-state index contributed by atoms with van der Waals surface area (Å²) in [4.78, 5) is 0.0251. The van der Waals surface area contributed by atoms with Gasteiger partial charge in [0.05, 0.1) is 20.6 Å². The third-order valence-electron chi connectivity index (χ3n) is 5.74. The van der Waals surface area contributed by atoms with Crippen LogP contribution in [0, 0.1) is 24.2 Å². The Morgan fingerprint density at radius 2 is 2.00 bits per heavy atom. The highest BCUT2D eigenvalue weighted by atomic mass is 79.9. The summed E-state index contributed by atoms with van der Waals surface area (Å²) < 4.78 is 41.4. The van der Waals surface area contributed by atoms with Crippen molar-refractivity contribution in [1.29, 1.82) is 0 Å². The van der Waals surface area contributed by atoms with E-state index in [-0.39, 0.29) is 15.8 Å². The van der Waals surface area contributed by atoms with Crippen LogP contribution < -0.4 is 10.6 Å². The van der Waals surface area contributed by atoms with E-state index in [2.05, 4.69) is 42.8 Å². The van der Waals surface area contributed by atoms with Crippen LogP contribution in [0.2, 0.25) is 10.0 Å². The maximum Gasteiger partial charge on any atom is 0.243 e. The average Bonchev–Trinajstić information content (AvgIpc) is 3.37. The zero-order valence-electron chi connectivity index (χ0n) is 22.3. The molecule has 1 aliphatic rings. The zero-order valence-corrected chi connectivity index (χ0v) is 26.2. The standard InChI is InChI=1S/C21H23Cl2FN2O2S.C5H4BrN3.C2H6/c22-19-8-2-1-6-17(19)7-3-11-25-14-16-5-4-12-26(15-16)29(27,28)18-9-10-21(24)20(23)13-18;1-2-7-5-4(6)3-8-9-5;1-2/h1-3,6,8-11,13,16,25H,4-5,7,12,14-15H2;1,3H,(H2,7,8,9);1-2H3/b11-3+;;. The lowest BCUT2D eigenvalue weighted by atomic mass is 10.00. The molecule has 1 atom stereocenters. The fourth-order valence-electron chi connectivity index (χ4n) is 3.80. The number of anilines is 1. The number of nitrogens with one attached hydrogen (secondary N) is 3. The van der Waals surface area contributed by atoms with Gasteiger partial charge in [0.1, 0.15) is 11.6 Å². The van der Waals surface area contributed by atoms with Gasteiger partial charge in [-0.05, 0) is 77.1 Å². The van der Waals surface area contributed by atoms with Gasteiger partial charge in [-0.1, -0.05) is 67.7 Å². The van der Waals surface area contributed by atoms with E-state index in [4.69, 9.17) is 29.6 Å². The number of aromatic amines is 1. The first-order chi connectivity index (χ1) is 19.2. The molecule has 2 heterocycles. The van der Waals surface area contributed by atoms with Crippen molar-refractivity contribution in [1.82, 2.24) is 19.8 Å². The number of allylic oxidation sites excluding steroid dienone is 1. The van der Waals surface area contributed by atoms with E-state index in [0.717, 1.165) is 40.4 Å². The molecule has 0 amide bonds. The normalized spacial score (nSPS) is 15.3. The molecule has 0 saturated carbocycles. The minimum Gasteiger partial charge on any atom is -0.391 e. The maximum atomic E-state index is 13.4. The molecule has 1 saturated heterocycles. The summed E-state index contributed by atoms with van der Waals surface area (Å²) in [5.74, 6) is 0.270. The minimum atomic E-state index is -3.69. The first-order valence-electron chi connectivity index (χ1n) is 12.7. The summed E-state index contributed by atoms with van der Waals surface area (Å²) in [5, 5.41) is 12.8. The summed E-state index contributed by atoms with van der Waals surface area (Å²) in [7, 11) is -3.69. The van der Waals surface area contributed by atoms with Crippen molar-refractivity contribution < 1.29 is 12.8 Å². The summed E-state index contributed by atoms with van der Waals surface area (Å²) in [5.41, 5.74) is 1.06. The Morgan fingerprint density at radius 1 is 1.25 bits per heavy atom. The summed E-state index contributed by atoms with van der Waals surface area (Å²) in [6.07, 6.45) is 12.9. The van der Waals surface area contributed by atoms with Gasteiger partial charge in [-0.2, -0.15) is 9.40 Å². The van der Waals surface area contributed by atoms with Crippen LogP contribution in [0.5, 0.6) is 0 Å². The lowest BCUT2D eigenvalue weighted by molar-refractivity contribution is 0.265. The van der Waals surface area contributed by atoms with Crippen LogP contribution in [-0.4, -0.2) is 42.6 Å². The third kappa shape index (κ3) is 10.1. The summed E-state index contributed by atoms with van der Waals surface area (Å²) in [6, 6.07) is 13.5. The molecule has 0 bridgehead atoms. The van der Waals surface area contributed by atoms with Gasteiger partial charge in [-0.3, -0.25) is 10.4 Å². The largest absolute Gasteiger partial charge is 0.391 e. The molecule has 1 aromatic heterocycles. The molecule has 0 aliphatic carbocycles. The van der Waals surface area contributed by atoms with Crippen molar-refractivity contribution in [3.63, 3.8) is 0 Å². The first-order valence-corrected chi connectivity index (χ1v) is 15.7. The monoisotopic (exact) mass is 671 g/mol. The Balaban J connectivity index is 0.000000428. The topological polar surface area (TPSA) is 90.1 Å². The number of benzene rings is 2. The molecule has 216 valence electrons. The predicted octanol–water partition coefficient (Wildman–Crippen LogP) is 7.08. The number of H-pyrrole nitrogens is 1. The second-order valence-electron chi connectivity index (χ2n) is 8.42. The van der Waals surface area contributed by atoms with Gasteiger partial charge >= 0.3 is 0 Å². The van der Waals surface area contributed by atoms with E-state index >= 15 is 0 Å². The molecular weight excluding hydrogens is 640 g/mol. The van der Waals surface area contributed by atoms with Crippen LogP contribution in [-0.2, 0) is 16.4 Å². The Bertz CT molecular complexity index is 1400. The minimum absolute atomic E-state index is 0.0251. The number of nitrogens with zero attached hydrogens (tertiary/aromatic N) is 2. The Labute approximate surface area is 254 Å². The lowest BCUT2D eigenvalue weighted by Crippen LogP contribution is -2.42. The summed E-state index contributed by atoms with van der Waals surface area (Å²) >= 11 is 15.1. The van der Waals surface area contributed by atoms with Gasteiger partial charge < -0.3 is 5.32 Å². The number of aromatic nitrogens is 2. The highest BCUT2D eigenvalue weighted by Crippen LogP contribution is 2.26. The van der Waals surface area contributed by atoms with Crippen molar-refractivity contribution in [3.05, 3.63) is 86.8 Å². The van der Waals surface area contributed by atoms with Crippen LogP contribution in [0.3, 0.4) is 0 Å². The number of hydrogen-bond donors (Lipinski definition) is 3. The summed E-state index contributed by atoms with van der Waals surface area (Å²) in [6.45, 7) is 5.55. The fourth-order valence-corrected chi connectivity index (χ4v) is 6.13. The lowest BCUT2D eigenvalue weighted by Gasteiger charge is -2.32. The Hall–Kier alpha value is -2.55. The van der Waals surface area contributed by atoms with Gasteiger partial charge in [0.15, 0.2) is 0 Å². The van der Waals surface area contributed by atoms with E-state index in [1.54, 1.807) is 6.20 Å². The number of rotatable bonds is 8. The number of terminal acetylenes is 1. The average molecular weight is 673 g/mol. The van der Waals surface area contributed by atoms with E-state index in [9.17, 15) is 12.8 Å². The predicted molar refractivity (Wildman–Crippen MR) is 165 cm³/mol. The van der Waals surface area contributed by atoms with Crippen LogP contribution >= 0.6 is 39.1 Å². The van der Waals surface area contributed by atoms with Crippen molar-refractivity contribution in [3.8, 4) is 12.5 Å². The van der Waals surface area contributed by atoms with Gasteiger partial charge in [-0.25, -0.2) is 12.8 Å². The number of sulfonamides is 1. The smallest absolute Gasteiger partial charge is 0.243 e. The molecule has 4 rings (SSSR count). The molecule has 1 fully saturated rings. The second kappa shape index (κ2) is 17.3. The van der Waals surface area contributed by atoms with Gasteiger partial charge in [0.2, 0.25) is 10.0 Å². The van der Waals surface area contributed by atoms with E-state index in [0.29, 0.717) is 25.5 Å². The molecule has 7 nitrogen and oxygen atoms in total. The van der Waals surface area contributed by atoms with Gasteiger partial charge in [0, 0.05) is 30.7 Å². The van der Waals surface area contributed by atoms with Crippen LogP contribution in [0.15, 0.2) is 70.3 Å². The van der Waals surface area contributed by atoms with Crippen LogP contribution in [0.25, 0.3) is 0 Å². The molecule has 3 aromatic rings.